The van der Waals surface area contributed by atoms with E-state index in [0.717, 1.165) is 56.4 Å². The number of hydrogen-bond acceptors (Lipinski definition) is 4. The number of benzene rings is 1. The van der Waals surface area contributed by atoms with E-state index in [0.29, 0.717) is 0 Å². The quantitative estimate of drug-likeness (QED) is 0.400. The molecule has 6 heteroatoms. The van der Waals surface area contributed by atoms with Crippen molar-refractivity contribution in [1.82, 2.24) is 15.6 Å². The van der Waals surface area contributed by atoms with Crippen molar-refractivity contribution in [3.8, 4) is 5.75 Å². The molecule has 1 aromatic heterocycles. The monoisotopic (exact) mass is 374 g/mol. The highest BCUT2D eigenvalue weighted by Crippen LogP contribution is 2.16. The van der Waals surface area contributed by atoms with Gasteiger partial charge in [0.25, 0.3) is 0 Å². The van der Waals surface area contributed by atoms with E-state index in [2.05, 4.69) is 53.5 Å². The molecule has 2 aromatic rings. The van der Waals surface area contributed by atoms with Crippen LogP contribution in [0.5, 0.6) is 5.75 Å². The normalized spacial score (nSPS) is 11.5. The zero-order valence-corrected chi connectivity index (χ0v) is 17.1. The number of thiazole rings is 1. The van der Waals surface area contributed by atoms with Crippen LogP contribution in [-0.4, -0.2) is 37.7 Å². The standard InChI is InChI=1S/C20H30N4OS/c1-15-7-9-18(10-8-15)25-14-6-5-12-22-20(21-4)23-13-11-19-24-16(2)17(3)26-19/h7-10H,5-6,11-14H2,1-4H3,(H2,21,22,23). The van der Waals surface area contributed by atoms with Gasteiger partial charge in [0, 0.05) is 31.4 Å². The summed E-state index contributed by atoms with van der Waals surface area (Å²) in [6, 6.07) is 8.18. The molecular weight excluding hydrogens is 344 g/mol. The molecule has 26 heavy (non-hydrogen) atoms. The minimum absolute atomic E-state index is 0.736. The van der Waals surface area contributed by atoms with Gasteiger partial charge in [0.1, 0.15) is 5.75 Å². The number of nitrogens with one attached hydrogen (secondary N) is 2. The molecular formula is C20H30N4OS. The zero-order chi connectivity index (χ0) is 18.8. The van der Waals surface area contributed by atoms with Crippen molar-refractivity contribution in [2.75, 3.05) is 26.7 Å². The smallest absolute Gasteiger partial charge is 0.190 e. The minimum atomic E-state index is 0.736. The van der Waals surface area contributed by atoms with Gasteiger partial charge >= 0.3 is 0 Å². The summed E-state index contributed by atoms with van der Waals surface area (Å²) in [6.07, 6.45) is 2.97. The van der Waals surface area contributed by atoms with Crippen molar-refractivity contribution in [2.45, 2.75) is 40.0 Å². The van der Waals surface area contributed by atoms with Crippen molar-refractivity contribution in [2.24, 2.45) is 4.99 Å². The second-order valence-electron chi connectivity index (χ2n) is 6.29. The maximum atomic E-state index is 5.74. The van der Waals surface area contributed by atoms with E-state index in [9.17, 15) is 0 Å². The molecule has 0 aliphatic carbocycles. The van der Waals surface area contributed by atoms with Gasteiger partial charge in [0.05, 0.1) is 17.3 Å². The summed E-state index contributed by atoms with van der Waals surface area (Å²) in [4.78, 5) is 10.1. The lowest BCUT2D eigenvalue weighted by atomic mass is 10.2. The van der Waals surface area contributed by atoms with Gasteiger partial charge in [-0.15, -0.1) is 11.3 Å². The van der Waals surface area contributed by atoms with Crippen LogP contribution in [0, 0.1) is 20.8 Å². The van der Waals surface area contributed by atoms with Gasteiger partial charge in [-0.1, -0.05) is 17.7 Å². The van der Waals surface area contributed by atoms with Crippen molar-refractivity contribution in [3.63, 3.8) is 0 Å². The van der Waals surface area contributed by atoms with Gasteiger partial charge in [-0.05, 0) is 45.7 Å². The van der Waals surface area contributed by atoms with Crippen LogP contribution in [0.3, 0.4) is 0 Å². The van der Waals surface area contributed by atoms with E-state index < -0.39 is 0 Å². The van der Waals surface area contributed by atoms with Crippen molar-refractivity contribution < 1.29 is 4.74 Å². The molecule has 2 N–H and O–H groups in total. The fraction of sp³-hybridized carbons (Fsp3) is 0.500. The van der Waals surface area contributed by atoms with Gasteiger partial charge in [-0.25, -0.2) is 4.98 Å². The summed E-state index contributed by atoms with van der Waals surface area (Å²) in [7, 11) is 1.80. The van der Waals surface area contributed by atoms with Crippen LogP contribution < -0.4 is 15.4 Å². The predicted octanol–water partition coefficient (Wildman–Crippen LogP) is 3.64. The number of hydrogen-bond donors (Lipinski definition) is 2. The maximum Gasteiger partial charge on any atom is 0.190 e. The third-order valence-corrected chi connectivity index (χ3v) is 5.21. The maximum absolute atomic E-state index is 5.74. The van der Waals surface area contributed by atoms with Crippen LogP contribution in [-0.2, 0) is 6.42 Å². The number of aryl methyl sites for hydroxylation is 3. The molecule has 0 bridgehead atoms. The van der Waals surface area contributed by atoms with Crippen LogP contribution >= 0.6 is 11.3 Å². The summed E-state index contributed by atoms with van der Waals surface area (Å²) in [5.74, 6) is 1.78. The third-order valence-electron chi connectivity index (χ3n) is 4.08. The Morgan fingerprint density at radius 2 is 1.81 bits per heavy atom. The highest BCUT2D eigenvalue weighted by Gasteiger charge is 2.04. The molecule has 0 saturated heterocycles. The molecule has 1 heterocycles. The van der Waals surface area contributed by atoms with Crippen LogP contribution in [0.4, 0.5) is 0 Å². The predicted molar refractivity (Wildman–Crippen MR) is 111 cm³/mol. The molecule has 0 aliphatic heterocycles. The Balaban J connectivity index is 1.55. The highest BCUT2D eigenvalue weighted by atomic mass is 32.1. The summed E-state index contributed by atoms with van der Waals surface area (Å²) in [5.41, 5.74) is 2.39. The van der Waals surface area contributed by atoms with Crippen molar-refractivity contribution >= 4 is 17.3 Å². The number of rotatable bonds is 9. The van der Waals surface area contributed by atoms with E-state index in [1.807, 2.05) is 12.1 Å². The lowest BCUT2D eigenvalue weighted by molar-refractivity contribution is 0.307. The number of aromatic nitrogens is 1. The average Bonchev–Trinajstić information content (AvgIpc) is 2.95. The van der Waals surface area contributed by atoms with Crippen LogP contribution in [0.15, 0.2) is 29.3 Å². The van der Waals surface area contributed by atoms with Crippen molar-refractivity contribution in [1.29, 1.82) is 0 Å². The topological polar surface area (TPSA) is 58.5 Å². The van der Waals surface area contributed by atoms with Crippen molar-refractivity contribution in [3.05, 3.63) is 45.4 Å². The largest absolute Gasteiger partial charge is 0.494 e. The van der Waals surface area contributed by atoms with Gasteiger partial charge in [0.15, 0.2) is 5.96 Å². The van der Waals surface area contributed by atoms with Gasteiger partial charge in [-0.3, -0.25) is 4.99 Å². The molecule has 0 atom stereocenters. The summed E-state index contributed by atoms with van der Waals surface area (Å²) < 4.78 is 5.74. The molecule has 2 rings (SSSR count). The Hall–Kier alpha value is -2.08. The van der Waals surface area contributed by atoms with Crippen LogP contribution in [0.1, 0.15) is 34.0 Å². The lowest BCUT2D eigenvalue weighted by Gasteiger charge is -2.11. The molecule has 0 aliphatic rings. The first-order chi connectivity index (χ1) is 12.6. The van der Waals surface area contributed by atoms with E-state index in [4.69, 9.17) is 4.74 Å². The van der Waals surface area contributed by atoms with Crippen LogP contribution in [0.25, 0.3) is 0 Å². The van der Waals surface area contributed by atoms with E-state index in [1.54, 1.807) is 18.4 Å². The summed E-state index contributed by atoms with van der Waals surface area (Å²) in [5, 5.41) is 7.86. The Morgan fingerprint density at radius 3 is 2.46 bits per heavy atom. The Bertz CT molecular complexity index is 675. The average molecular weight is 375 g/mol. The Labute approximate surface area is 160 Å². The first-order valence-corrected chi connectivity index (χ1v) is 9.97. The van der Waals surface area contributed by atoms with E-state index >= 15 is 0 Å². The SMILES string of the molecule is CN=C(NCCCCOc1ccc(C)cc1)NCCc1nc(C)c(C)s1. The lowest BCUT2D eigenvalue weighted by Crippen LogP contribution is -2.38. The minimum Gasteiger partial charge on any atom is -0.494 e. The number of aliphatic imine (C=N–C) groups is 1. The number of unbranched alkanes of at least 4 members (excludes halogenated alkanes) is 1. The molecule has 0 radical (unpaired) electrons. The number of guanidine groups is 1. The molecule has 142 valence electrons. The van der Waals surface area contributed by atoms with Gasteiger partial charge < -0.3 is 15.4 Å². The summed E-state index contributed by atoms with van der Waals surface area (Å²) in [6.45, 7) is 8.71. The molecule has 0 saturated carbocycles. The number of ether oxygens (including phenoxy) is 1. The summed E-state index contributed by atoms with van der Waals surface area (Å²) >= 11 is 1.77. The first-order valence-electron chi connectivity index (χ1n) is 9.15. The van der Waals surface area contributed by atoms with E-state index in [1.165, 1.54) is 15.4 Å². The molecule has 0 spiro atoms. The van der Waals surface area contributed by atoms with Gasteiger partial charge in [0.2, 0.25) is 0 Å². The Morgan fingerprint density at radius 1 is 1.08 bits per heavy atom. The first kappa shape index (κ1) is 20.2. The molecule has 1 aromatic carbocycles. The molecule has 5 nitrogen and oxygen atoms in total. The van der Waals surface area contributed by atoms with Gasteiger partial charge in [-0.2, -0.15) is 0 Å². The highest BCUT2D eigenvalue weighted by molar-refractivity contribution is 7.11. The van der Waals surface area contributed by atoms with Crippen LogP contribution in [0.2, 0.25) is 0 Å². The number of nitrogens with zero attached hydrogens (tertiary/aromatic N) is 2. The zero-order valence-electron chi connectivity index (χ0n) is 16.3. The molecule has 0 unspecified atom stereocenters. The Kier molecular flexibility index (Phi) is 8.41. The fourth-order valence-electron chi connectivity index (χ4n) is 2.41. The second-order valence-corrected chi connectivity index (χ2v) is 7.58. The molecule has 0 fully saturated rings. The fourth-order valence-corrected chi connectivity index (χ4v) is 3.35. The van der Waals surface area contributed by atoms with E-state index in [-0.39, 0.29) is 0 Å². The third kappa shape index (κ3) is 7.04. The second kappa shape index (κ2) is 10.8. The molecule has 0 amide bonds.